The number of rotatable bonds is 5. The molecular weight excluding hydrogens is 241 g/mol. The summed E-state index contributed by atoms with van der Waals surface area (Å²) in [5, 5.41) is 0. The molecule has 0 saturated carbocycles. The molecule has 19 heavy (non-hydrogen) atoms. The summed E-state index contributed by atoms with van der Waals surface area (Å²) in [6, 6.07) is 14.3. The van der Waals surface area contributed by atoms with Crippen molar-refractivity contribution in [2.75, 3.05) is 7.11 Å². The van der Waals surface area contributed by atoms with E-state index in [0.29, 0.717) is 5.75 Å². The summed E-state index contributed by atoms with van der Waals surface area (Å²) in [4.78, 5) is 0. The van der Waals surface area contributed by atoms with E-state index >= 15 is 0 Å². The number of hydrogen-bond acceptors (Lipinski definition) is 2. The van der Waals surface area contributed by atoms with E-state index < -0.39 is 0 Å². The van der Waals surface area contributed by atoms with Crippen LogP contribution >= 0.6 is 0 Å². The standard InChI is InChI=1S/C16H18FNO/c1-19-16-10-8-13(17)11-14(16)15(18)9-7-12-5-3-2-4-6-12/h2-6,8,10-11,15H,7,9,18H2,1H3. The summed E-state index contributed by atoms with van der Waals surface area (Å²) < 4.78 is 18.5. The Bertz CT molecular complexity index is 528. The zero-order valence-electron chi connectivity index (χ0n) is 11.0. The molecule has 0 bridgehead atoms. The SMILES string of the molecule is COc1ccc(F)cc1C(N)CCc1ccccc1. The third kappa shape index (κ3) is 3.55. The van der Waals surface area contributed by atoms with E-state index in [-0.39, 0.29) is 11.9 Å². The summed E-state index contributed by atoms with van der Waals surface area (Å²) in [5.41, 5.74) is 8.09. The van der Waals surface area contributed by atoms with Crippen LogP contribution in [0.3, 0.4) is 0 Å². The van der Waals surface area contributed by atoms with Crippen molar-refractivity contribution in [3.8, 4) is 5.75 Å². The van der Waals surface area contributed by atoms with E-state index in [9.17, 15) is 4.39 Å². The van der Waals surface area contributed by atoms with Gasteiger partial charge in [0.1, 0.15) is 11.6 Å². The molecule has 0 fully saturated rings. The van der Waals surface area contributed by atoms with Crippen LogP contribution in [0, 0.1) is 5.82 Å². The molecule has 2 aromatic rings. The van der Waals surface area contributed by atoms with Gasteiger partial charge in [0.05, 0.1) is 7.11 Å². The van der Waals surface area contributed by atoms with E-state index in [4.69, 9.17) is 10.5 Å². The zero-order valence-corrected chi connectivity index (χ0v) is 11.0. The van der Waals surface area contributed by atoms with Crippen molar-refractivity contribution < 1.29 is 9.13 Å². The van der Waals surface area contributed by atoms with E-state index in [2.05, 4.69) is 12.1 Å². The Morgan fingerprint density at radius 1 is 1.16 bits per heavy atom. The zero-order chi connectivity index (χ0) is 13.7. The smallest absolute Gasteiger partial charge is 0.123 e. The molecule has 0 radical (unpaired) electrons. The largest absolute Gasteiger partial charge is 0.496 e. The highest BCUT2D eigenvalue weighted by molar-refractivity contribution is 5.36. The number of benzene rings is 2. The van der Waals surface area contributed by atoms with Crippen molar-refractivity contribution >= 4 is 0 Å². The predicted octanol–water partition coefficient (Wildman–Crippen LogP) is 3.47. The first-order valence-corrected chi connectivity index (χ1v) is 6.33. The van der Waals surface area contributed by atoms with Crippen LogP contribution in [0.15, 0.2) is 48.5 Å². The van der Waals surface area contributed by atoms with Crippen molar-refractivity contribution in [1.82, 2.24) is 0 Å². The van der Waals surface area contributed by atoms with Gasteiger partial charge in [-0.3, -0.25) is 0 Å². The molecule has 0 aliphatic carbocycles. The molecular formula is C16H18FNO. The highest BCUT2D eigenvalue weighted by Crippen LogP contribution is 2.27. The molecule has 0 saturated heterocycles. The average molecular weight is 259 g/mol. The molecule has 0 aliphatic heterocycles. The first kappa shape index (κ1) is 13.6. The molecule has 3 heteroatoms. The second-order valence-corrected chi connectivity index (χ2v) is 4.52. The fourth-order valence-corrected chi connectivity index (χ4v) is 2.12. The van der Waals surface area contributed by atoms with Crippen LogP contribution in [0.1, 0.15) is 23.6 Å². The third-order valence-corrected chi connectivity index (χ3v) is 3.18. The molecule has 0 heterocycles. The Kier molecular flexibility index (Phi) is 4.53. The molecule has 0 amide bonds. The summed E-state index contributed by atoms with van der Waals surface area (Å²) >= 11 is 0. The van der Waals surface area contributed by atoms with Crippen molar-refractivity contribution in [1.29, 1.82) is 0 Å². The molecule has 2 rings (SSSR count). The van der Waals surface area contributed by atoms with E-state index in [1.807, 2.05) is 18.2 Å². The Morgan fingerprint density at radius 2 is 1.89 bits per heavy atom. The van der Waals surface area contributed by atoms with Gasteiger partial charge in [0, 0.05) is 11.6 Å². The molecule has 2 nitrogen and oxygen atoms in total. The second-order valence-electron chi connectivity index (χ2n) is 4.52. The molecule has 0 aromatic heterocycles. The quantitative estimate of drug-likeness (QED) is 0.892. The highest BCUT2D eigenvalue weighted by Gasteiger charge is 2.13. The Hall–Kier alpha value is -1.87. The maximum Gasteiger partial charge on any atom is 0.123 e. The lowest BCUT2D eigenvalue weighted by Gasteiger charge is -2.15. The molecule has 100 valence electrons. The van der Waals surface area contributed by atoms with E-state index in [1.54, 1.807) is 13.2 Å². The Morgan fingerprint density at radius 3 is 2.58 bits per heavy atom. The monoisotopic (exact) mass is 259 g/mol. The minimum absolute atomic E-state index is 0.231. The minimum atomic E-state index is -0.286. The van der Waals surface area contributed by atoms with Crippen LogP contribution in [0.4, 0.5) is 4.39 Å². The van der Waals surface area contributed by atoms with Gasteiger partial charge in [-0.2, -0.15) is 0 Å². The van der Waals surface area contributed by atoms with Gasteiger partial charge in [-0.25, -0.2) is 4.39 Å². The normalized spacial score (nSPS) is 12.2. The lowest BCUT2D eigenvalue weighted by molar-refractivity contribution is 0.402. The number of hydrogen-bond donors (Lipinski definition) is 1. The number of nitrogens with two attached hydrogens (primary N) is 1. The van der Waals surface area contributed by atoms with Crippen LogP contribution in [0.25, 0.3) is 0 Å². The highest BCUT2D eigenvalue weighted by atomic mass is 19.1. The van der Waals surface area contributed by atoms with Gasteiger partial charge < -0.3 is 10.5 Å². The van der Waals surface area contributed by atoms with E-state index in [0.717, 1.165) is 18.4 Å². The Balaban J connectivity index is 2.07. The van der Waals surface area contributed by atoms with Crippen LogP contribution in [0.5, 0.6) is 5.75 Å². The number of methoxy groups -OCH3 is 1. The predicted molar refractivity (Wildman–Crippen MR) is 74.6 cm³/mol. The number of ether oxygens (including phenoxy) is 1. The molecule has 0 aliphatic rings. The Labute approximate surface area is 113 Å². The number of aryl methyl sites for hydroxylation is 1. The van der Waals surface area contributed by atoms with Gasteiger partial charge in [0.15, 0.2) is 0 Å². The van der Waals surface area contributed by atoms with Crippen molar-refractivity contribution in [2.45, 2.75) is 18.9 Å². The summed E-state index contributed by atoms with van der Waals surface area (Å²) in [7, 11) is 1.57. The topological polar surface area (TPSA) is 35.2 Å². The summed E-state index contributed by atoms with van der Waals surface area (Å²) in [6.07, 6.45) is 1.62. The van der Waals surface area contributed by atoms with Crippen molar-refractivity contribution in [2.24, 2.45) is 5.73 Å². The maximum absolute atomic E-state index is 13.3. The molecule has 0 spiro atoms. The summed E-state index contributed by atoms with van der Waals surface area (Å²) in [6.45, 7) is 0. The van der Waals surface area contributed by atoms with Gasteiger partial charge in [-0.1, -0.05) is 30.3 Å². The molecule has 1 atom stereocenters. The van der Waals surface area contributed by atoms with Gasteiger partial charge >= 0.3 is 0 Å². The second kappa shape index (κ2) is 6.34. The molecule has 2 N–H and O–H groups in total. The summed E-state index contributed by atoms with van der Waals surface area (Å²) in [5.74, 6) is 0.355. The van der Waals surface area contributed by atoms with Crippen LogP contribution in [-0.4, -0.2) is 7.11 Å². The van der Waals surface area contributed by atoms with Crippen molar-refractivity contribution in [3.05, 3.63) is 65.5 Å². The maximum atomic E-state index is 13.3. The van der Waals surface area contributed by atoms with Gasteiger partial charge in [-0.05, 0) is 36.6 Å². The van der Waals surface area contributed by atoms with Crippen molar-refractivity contribution in [3.63, 3.8) is 0 Å². The van der Waals surface area contributed by atoms with Crippen LogP contribution < -0.4 is 10.5 Å². The fourth-order valence-electron chi connectivity index (χ4n) is 2.12. The lowest BCUT2D eigenvalue weighted by Crippen LogP contribution is -2.13. The van der Waals surface area contributed by atoms with Crippen LogP contribution in [0.2, 0.25) is 0 Å². The first-order chi connectivity index (χ1) is 9.20. The molecule has 1 unspecified atom stereocenters. The van der Waals surface area contributed by atoms with E-state index in [1.165, 1.54) is 17.7 Å². The third-order valence-electron chi connectivity index (χ3n) is 3.18. The lowest BCUT2D eigenvalue weighted by atomic mass is 9.99. The number of halogens is 1. The van der Waals surface area contributed by atoms with Gasteiger partial charge in [0.25, 0.3) is 0 Å². The van der Waals surface area contributed by atoms with Crippen LogP contribution in [-0.2, 0) is 6.42 Å². The minimum Gasteiger partial charge on any atom is -0.496 e. The van der Waals surface area contributed by atoms with Gasteiger partial charge in [0.2, 0.25) is 0 Å². The van der Waals surface area contributed by atoms with Gasteiger partial charge in [-0.15, -0.1) is 0 Å². The molecule has 2 aromatic carbocycles. The average Bonchev–Trinajstić information content (AvgIpc) is 2.46. The fraction of sp³-hybridized carbons (Fsp3) is 0.250. The first-order valence-electron chi connectivity index (χ1n) is 6.33.